The van der Waals surface area contributed by atoms with Crippen molar-refractivity contribution in [2.24, 2.45) is 0 Å². The Kier molecular flexibility index (Phi) is 11.3. The van der Waals surface area contributed by atoms with Crippen molar-refractivity contribution in [2.75, 3.05) is 32.9 Å². The number of morpholine rings is 1. The molecule has 1 unspecified atom stereocenters. The number of aliphatic hydroxyl groups excluding tert-OH is 1. The van der Waals surface area contributed by atoms with Crippen LogP contribution in [-0.2, 0) is 25.8 Å². The van der Waals surface area contributed by atoms with Gasteiger partial charge in [0.2, 0.25) is 0 Å². The first kappa shape index (κ1) is 16.0. The van der Waals surface area contributed by atoms with Gasteiger partial charge in [0.1, 0.15) is 0 Å². The molecule has 1 rings (SSSR count). The Bertz CT molecular complexity index is 114. The Morgan fingerprint density at radius 3 is 2.77 bits per heavy atom. The van der Waals surface area contributed by atoms with Crippen LogP contribution in [0.5, 0.6) is 0 Å². The van der Waals surface area contributed by atoms with E-state index in [1.807, 2.05) is 0 Å². The SMILES string of the molecule is CC1COCCN1CCCO.[CH3-].[W]. The third-order valence-corrected chi connectivity index (χ3v) is 2.11. The molecule has 13 heavy (non-hydrogen) atoms. The van der Waals surface area contributed by atoms with Crippen molar-refractivity contribution in [3.05, 3.63) is 7.43 Å². The van der Waals surface area contributed by atoms with Crippen LogP contribution in [0.4, 0.5) is 0 Å². The van der Waals surface area contributed by atoms with Crippen molar-refractivity contribution in [1.29, 1.82) is 0 Å². The minimum Gasteiger partial charge on any atom is -0.396 e. The van der Waals surface area contributed by atoms with Gasteiger partial charge in [-0.3, -0.25) is 4.90 Å². The molecule has 1 aliphatic heterocycles. The zero-order chi connectivity index (χ0) is 8.10. The zero-order valence-electron chi connectivity index (χ0n) is 8.53. The van der Waals surface area contributed by atoms with Crippen molar-refractivity contribution in [1.82, 2.24) is 4.90 Å². The third-order valence-electron chi connectivity index (χ3n) is 2.11. The summed E-state index contributed by atoms with van der Waals surface area (Å²) in [5, 5.41) is 8.63. The third kappa shape index (κ3) is 5.79. The molecular formula is C9H20NO2W-. The summed E-state index contributed by atoms with van der Waals surface area (Å²) in [7, 11) is 0. The van der Waals surface area contributed by atoms with Crippen LogP contribution in [0.3, 0.4) is 0 Å². The van der Waals surface area contributed by atoms with Gasteiger partial charge >= 0.3 is 0 Å². The fourth-order valence-corrected chi connectivity index (χ4v) is 1.37. The minimum absolute atomic E-state index is 0. The first-order valence-corrected chi connectivity index (χ1v) is 4.27. The molecule has 0 aromatic heterocycles. The largest absolute Gasteiger partial charge is 0.396 e. The second-order valence-corrected chi connectivity index (χ2v) is 3.04. The smallest absolute Gasteiger partial charge is 0.0619 e. The summed E-state index contributed by atoms with van der Waals surface area (Å²) < 4.78 is 5.29. The number of nitrogens with zero attached hydrogens (tertiary/aromatic N) is 1. The minimum atomic E-state index is 0. The van der Waals surface area contributed by atoms with Crippen LogP contribution >= 0.6 is 0 Å². The van der Waals surface area contributed by atoms with Crippen LogP contribution in [0.15, 0.2) is 0 Å². The Morgan fingerprint density at radius 1 is 1.54 bits per heavy atom. The summed E-state index contributed by atoms with van der Waals surface area (Å²) in [6.07, 6.45) is 0.879. The molecule has 1 saturated heterocycles. The molecule has 0 spiro atoms. The molecule has 0 radical (unpaired) electrons. The van der Waals surface area contributed by atoms with E-state index in [0.29, 0.717) is 12.6 Å². The number of ether oxygens (including phenoxy) is 1. The number of hydrogen-bond acceptors (Lipinski definition) is 3. The average molecular weight is 358 g/mol. The van der Waals surface area contributed by atoms with Gasteiger partial charge in [0, 0.05) is 46.8 Å². The quantitative estimate of drug-likeness (QED) is 0.748. The summed E-state index contributed by atoms with van der Waals surface area (Å²) in [5.41, 5.74) is 0. The summed E-state index contributed by atoms with van der Waals surface area (Å²) in [5.74, 6) is 0. The van der Waals surface area contributed by atoms with Crippen molar-refractivity contribution < 1.29 is 30.9 Å². The molecule has 3 nitrogen and oxygen atoms in total. The van der Waals surface area contributed by atoms with Crippen LogP contribution in [0.1, 0.15) is 13.3 Å². The van der Waals surface area contributed by atoms with E-state index in [4.69, 9.17) is 9.84 Å². The van der Waals surface area contributed by atoms with Gasteiger partial charge in [-0.25, -0.2) is 0 Å². The van der Waals surface area contributed by atoms with E-state index in [1.54, 1.807) is 0 Å². The van der Waals surface area contributed by atoms with Crippen molar-refractivity contribution >= 4 is 0 Å². The van der Waals surface area contributed by atoms with Gasteiger partial charge in [0.15, 0.2) is 0 Å². The fraction of sp³-hybridized carbons (Fsp3) is 0.889. The van der Waals surface area contributed by atoms with Gasteiger partial charge in [-0.2, -0.15) is 0 Å². The van der Waals surface area contributed by atoms with Crippen molar-refractivity contribution in [3.63, 3.8) is 0 Å². The molecule has 4 heteroatoms. The monoisotopic (exact) mass is 358 g/mol. The second-order valence-electron chi connectivity index (χ2n) is 3.04. The summed E-state index contributed by atoms with van der Waals surface area (Å²) in [6, 6.07) is 0.523. The molecule has 0 aliphatic carbocycles. The molecule has 1 aliphatic rings. The number of rotatable bonds is 3. The molecule has 1 fully saturated rings. The normalized spacial score (nSPS) is 23.1. The van der Waals surface area contributed by atoms with Crippen molar-refractivity contribution in [2.45, 2.75) is 19.4 Å². The molecule has 0 amide bonds. The van der Waals surface area contributed by atoms with Gasteiger partial charge < -0.3 is 17.3 Å². The second kappa shape index (κ2) is 9.14. The van der Waals surface area contributed by atoms with Crippen LogP contribution < -0.4 is 0 Å². The summed E-state index contributed by atoms with van der Waals surface area (Å²) in [4.78, 5) is 2.36. The van der Waals surface area contributed by atoms with E-state index in [-0.39, 0.29) is 28.5 Å². The molecule has 1 heterocycles. The van der Waals surface area contributed by atoms with Gasteiger partial charge in [0.25, 0.3) is 0 Å². The van der Waals surface area contributed by atoms with Gasteiger partial charge in [0.05, 0.1) is 13.2 Å². The molecule has 0 aromatic carbocycles. The maximum absolute atomic E-state index is 8.63. The first-order valence-electron chi connectivity index (χ1n) is 4.27. The Hall–Kier alpha value is 0.568. The summed E-state index contributed by atoms with van der Waals surface area (Å²) in [6.45, 7) is 6.16. The fourth-order valence-electron chi connectivity index (χ4n) is 1.37. The Balaban J connectivity index is 0. The number of aliphatic hydroxyl groups is 1. The van der Waals surface area contributed by atoms with Gasteiger partial charge in [-0.1, -0.05) is 0 Å². The van der Waals surface area contributed by atoms with Crippen LogP contribution in [-0.4, -0.2) is 49.0 Å². The predicted octanol–water partition coefficient (Wildman–Crippen LogP) is 0.537. The standard InChI is InChI=1S/C8H17NO2.CH3.W/c1-8-7-11-6-4-9(8)3-2-5-10;;/h8,10H,2-7H2,1H3;1H3;/q;-1;. The molecule has 80 valence electrons. The molecule has 0 saturated carbocycles. The van der Waals surface area contributed by atoms with Crippen LogP contribution in [0.2, 0.25) is 0 Å². The topological polar surface area (TPSA) is 32.7 Å². The van der Waals surface area contributed by atoms with Crippen LogP contribution in [0, 0.1) is 7.43 Å². The molecule has 1 N–H and O–H groups in total. The molecular weight excluding hydrogens is 338 g/mol. The zero-order valence-corrected chi connectivity index (χ0v) is 11.5. The van der Waals surface area contributed by atoms with Crippen LogP contribution in [0.25, 0.3) is 0 Å². The molecule has 1 atom stereocenters. The Labute approximate surface area is 95.7 Å². The van der Waals surface area contributed by atoms with Gasteiger partial charge in [-0.05, 0) is 13.3 Å². The molecule has 0 bridgehead atoms. The van der Waals surface area contributed by atoms with E-state index in [2.05, 4.69) is 11.8 Å². The molecule has 0 aromatic rings. The van der Waals surface area contributed by atoms with Crippen molar-refractivity contribution in [3.8, 4) is 0 Å². The van der Waals surface area contributed by atoms with E-state index in [1.165, 1.54) is 0 Å². The van der Waals surface area contributed by atoms with E-state index in [0.717, 1.165) is 32.7 Å². The number of hydrogen-bond donors (Lipinski definition) is 1. The maximum Gasteiger partial charge on any atom is 0.0619 e. The maximum atomic E-state index is 8.63. The van der Waals surface area contributed by atoms with E-state index < -0.39 is 0 Å². The Morgan fingerprint density at radius 2 is 2.23 bits per heavy atom. The van der Waals surface area contributed by atoms with E-state index in [9.17, 15) is 0 Å². The average Bonchev–Trinajstić information content (AvgIpc) is 2.03. The van der Waals surface area contributed by atoms with Gasteiger partial charge in [-0.15, -0.1) is 0 Å². The van der Waals surface area contributed by atoms with E-state index >= 15 is 0 Å². The first-order chi connectivity index (χ1) is 5.34. The summed E-state index contributed by atoms with van der Waals surface area (Å²) >= 11 is 0. The predicted molar refractivity (Wildman–Crippen MR) is 50.0 cm³/mol.